The summed E-state index contributed by atoms with van der Waals surface area (Å²) in [7, 11) is 3.25. The van der Waals surface area contributed by atoms with Gasteiger partial charge in [0, 0.05) is 25.3 Å². The minimum Gasteiger partial charge on any atom is -1.00 e. The summed E-state index contributed by atoms with van der Waals surface area (Å²) in [6.45, 7) is 10.9. The fourth-order valence-electron chi connectivity index (χ4n) is 5.38. The summed E-state index contributed by atoms with van der Waals surface area (Å²) in [5.41, 5.74) is 1.06. The minimum atomic E-state index is -0.273. The fourth-order valence-corrected chi connectivity index (χ4v) is 5.38. The number of hydrogen-bond donors (Lipinski definition) is 0. The summed E-state index contributed by atoms with van der Waals surface area (Å²) in [4.78, 5) is 15.2. The normalized spacial score (nSPS) is 22.7. The van der Waals surface area contributed by atoms with Gasteiger partial charge in [0.15, 0.2) is 17.6 Å². The number of benzene rings is 1. The lowest BCUT2D eigenvalue weighted by atomic mass is 9.83. The number of methoxy groups -OCH3 is 2. The number of ether oxygens (including phenoxy) is 3. The molecular formula is C27H37BrN2O5. The molecule has 3 aliphatic heterocycles. The maximum absolute atomic E-state index is 13.4. The molecule has 1 atom stereocenters. The maximum Gasteiger partial charge on any atom is 0.410 e. The van der Waals surface area contributed by atoms with Crippen LogP contribution in [-0.2, 0) is 17.7 Å². The molecule has 0 saturated carbocycles. The van der Waals surface area contributed by atoms with Gasteiger partial charge < -0.3 is 45.0 Å². The summed E-state index contributed by atoms with van der Waals surface area (Å²) < 4.78 is 23.7. The Morgan fingerprint density at radius 3 is 2.54 bits per heavy atom. The van der Waals surface area contributed by atoms with Crippen LogP contribution in [0.5, 0.6) is 11.5 Å². The van der Waals surface area contributed by atoms with Gasteiger partial charge in [0.2, 0.25) is 0 Å². The molecule has 7 nitrogen and oxygen atoms in total. The number of rotatable bonds is 10. The number of quaternary nitrogens is 1. The van der Waals surface area contributed by atoms with E-state index in [0.717, 1.165) is 60.6 Å². The van der Waals surface area contributed by atoms with Crippen molar-refractivity contribution in [1.29, 1.82) is 0 Å². The Kier molecular flexibility index (Phi) is 9.30. The van der Waals surface area contributed by atoms with Crippen LogP contribution in [0.4, 0.5) is 4.79 Å². The van der Waals surface area contributed by atoms with Gasteiger partial charge in [-0.2, -0.15) is 0 Å². The first kappa shape index (κ1) is 27.1. The number of carbonyl (C=O) groups excluding carboxylic acids is 1. The molecule has 0 spiro atoms. The SMILES string of the molecule is C=CC[N+]12CCC(CC1)[C@@H](OC(=O)N(CCc1ccc(OC)c(OC)c1)Cc1ccc(C)o1)C2.[Br-]. The second kappa shape index (κ2) is 12.0. The van der Waals surface area contributed by atoms with Crippen molar-refractivity contribution in [2.24, 2.45) is 5.92 Å². The average molecular weight is 550 g/mol. The Morgan fingerprint density at radius 2 is 1.91 bits per heavy atom. The molecule has 0 unspecified atom stereocenters. The first-order chi connectivity index (χ1) is 16.4. The third kappa shape index (κ3) is 6.41. The fraction of sp³-hybridized carbons (Fsp3) is 0.519. The molecule has 1 aromatic heterocycles. The quantitative estimate of drug-likeness (QED) is 0.333. The Labute approximate surface area is 219 Å². The van der Waals surface area contributed by atoms with Crippen molar-refractivity contribution in [3.05, 3.63) is 60.1 Å². The first-order valence-electron chi connectivity index (χ1n) is 12.1. The molecule has 1 amide bonds. The lowest BCUT2D eigenvalue weighted by Gasteiger charge is -2.51. The van der Waals surface area contributed by atoms with Crippen LogP contribution in [0.2, 0.25) is 0 Å². The van der Waals surface area contributed by atoms with Crippen LogP contribution in [0.3, 0.4) is 0 Å². The standard InChI is InChI=1S/C27H37N2O5.BrH/c1-5-14-29-15-11-22(12-16-29)26(19-29)34-27(30)28(18-23-8-6-20(2)33-23)13-10-21-7-9-24(31-3)25(17-21)32-4;/h5-9,17,22,26H,1,10-16,18-19H2,2-4H3;1H/q+1;/p-1/t22?,26-,29?;/m0./s1. The van der Waals surface area contributed by atoms with Crippen LogP contribution < -0.4 is 26.5 Å². The summed E-state index contributed by atoms with van der Waals surface area (Å²) in [5.74, 6) is 3.40. The van der Waals surface area contributed by atoms with E-state index in [-0.39, 0.29) is 29.2 Å². The summed E-state index contributed by atoms with van der Waals surface area (Å²) >= 11 is 0. The van der Waals surface area contributed by atoms with Crippen molar-refractivity contribution in [2.75, 3.05) is 46.9 Å². The topological polar surface area (TPSA) is 61.1 Å². The summed E-state index contributed by atoms with van der Waals surface area (Å²) in [6, 6.07) is 9.69. The van der Waals surface area contributed by atoms with E-state index in [4.69, 9.17) is 18.6 Å². The molecule has 3 fully saturated rings. The smallest absolute Gasteiger partial charge is 0.410 e. The highest BCUT2D eigenvalue weighted by molar-refractivity contribution is 5.68. The lowest BCUT2D eigenvalue weighted by Crippen LogP contribution is -3.00. The summed E-state index contributed by atoms with van der Waals surface area (Å²) in [5, 5.41) is 0. The van der Waals surface area contributed by atoms with E-state index >= 15 is 0 Å². The van der Waals surface area contributed by atoms with E-state index < -0.39 is 0 Å². The van der Waals surface area contributed by atoms with Gasteiger partial charge in [-0.05, 0) is 49.2 Å². The molecule has 192 valence electrons. The zero-order chi connectivity index (χ0) is 24.1. The number of carbonyl (C=O) groups is 1. The van der Waals surface area contributed by atoms with Gasteiger partial charge in [-0.1, -0.05) is 12.6 Å². The van der Waals surface area contributed by atoms with Crippen LogP contribution in [0.1, 0.15) is 29.9 Å². The summed E-state index contributed by atoms with van der Waals surface area (Å²) in [6.07, 6.45) is 4.56. The van der Waals surface area contributed by atoms with Gasteiger partial charge in [0.25, 0.3) is 0 Å². The molecule has 0 aliphatic carbocycles. The monoisotopic (exact) mass is 548 g/mol. The van der Waals surface area contributed by atoms with Gasteiger partial charge in [0.05, 0.1) is 40.4 Å². The molecule has 3 aliphatic rings. The second-order valence-electron chi connectivity index (χ2n) is 9.58. The van der Waals surface area contributed by atoms with Crippen molar-refractivity contribution in [3.63, 3.8) is 0 Å². The Bertz CT molecular complexity index is 999. The average Bonchev–Trinajstić information content (AvgIpc) is 3.26. The number of hydrogen-bond acceptors (Lipinski definition) is 5. The van der Waals surface area contributed by atoms with Crippen molar-refractivity contribution in [2.45, 2.75) is 38.8 Å². The van der Waals surface area contributed by atoms with Gasteiger partial charge in [-0.15, -0.1) is 0 Å². The number of nitrogens with zero attached hydrogens (tertiary/aromatic N) is 2. The van der Waals surface area contributed by atoms with E-state index in [1.807, 2.05) is 43.3 Å². The van der Waals surface area contributed by atoms with Crippen molar-refractivity contribution in [3.8, 4) is 11.5 Å². The van der Waals surface area contributed by atoms with Crippen molar-refractivity contribution in [1.82, 2.24) is 4.90 Å². The van der Waals surface area contributed by atoms with Crippen molar-refractivity contribution < 1.29 is 44.9 Å². The highest BCUT2D eigenvalue weighted by Gasteiger charge is 2.47. The van der Waals surface area contributed by atoms with Crippen LogP contribution in [0.25, 0.3) is 0 Å². The predicted octanol–water partition coefficient (Wildman–Crippen LogP) is 1.59. The third-order valence-corrected chi connectivity index (χ3v) is 7.33. The third-order valence-electron chi connectivity index (χ3n) is 7.33. The molecule has 0 radical (unpaired) electrons. The molecule has 8 heteroatoms. The Balaban J connectivity index is 0.00000342. The van der Waals surface area contributed by atoms with E-state index in [9.17, 15) is 4.79 Å². The molecular weight excluding hydrogens is 512 g/mol. The highest BCUT2D eigenvalue weighted by atomic mass is 79.9. The molecule has 2 bridgehead atoms. The van der Waals surface area contributed by atoms with Crippen LogP contribution in [0.15, 0.2) is 47.4 Å². The van der Waals surface area contributed by atoms with Crippen LogP contribution >= 0.6 is 0 Å². The maximum atomic E-state index is 13.4. The molecule has 0 N–H and O–H groups in total. The van der Waals surface area contributed by atoms with Gasteiger partial charge in [0.1, 0.15) is 18.1 Å². The van der Waals surface area contributed by atoms with Crippen molar-refractivity contribution >= 4 is 6.09 Å². The zero-order valence-corrected chi connectivity index (χ0v) is 22.6. The Morgan fingerprint density at radius 1 is 1.17 bits per heavy atom. The van der Waals surface area contributed by atoms with Gasteiger partial charge >= 0.3 is 6.09 Å². The number of fused-ring (bicyclic) bond motifs is 3. The highest BCUT2D eigenvalue weighted by Crippen LogP contribution is 2.36. The van der Waals surface area contributed by atoms with E-state index in [1.165, 1.54) is 0 Å². The Hall–Kier alpha value is -2.45. The van der Waals surface area contributed by atoms with E-state index in [1.54, 1.807) is 19.1 Å². The molecule has 4 heterocycles. The molecule has 35 heavy (non-hydrogen) atoms. The largest absolute Gasteiger partial charge is 1.00 e. The molecule has 5 rings (SSSR count). The second-order valence-corrected chi connectivity index (χ2v) is 9.58. The number of amides is 1. The first-order valence-corrected chi connectivity index (χ1v) is 12.1. The lowest BCUT2D eigenvalue weighted by molar-refractivity contribution is -0.941. The van der Waals surface area contributed by atoms with E-state index in [0.29, 0.717) is 36.9 Å². The van der Waals surface area contributed by atoms with E-state index in [2.05, 4.69) is 6.58 Å². The molecule has 1 aromatic carbocycles. The molecule has 2 aromatic rings. The predicted molar refractivity (Wildman–Crippen MR) is 130 cm³/mol. The van der Waals surface area contributed by atoms with Crippen LogP contribution in [-0.4, -0.2) is 68.5 Å². The number of piperidine rings is 3. The molecule has 3 saturated heterocycles. The zero-order valence-electron chi connectivity index (χ0n) is 21.0. The van der Waals surface area contributed by atoms with Gasteiger partial charge in [-0.3, -0.25) is 0 Å². The number of aryl methyl sites for hydroxylation is 1. The minimum absolute atomic E-state index is 0. The number of halogens is 1. The van der Waals surface area contributed by atoms with Crippen LogP contribution in [0, 0.1) is 12.8 Å². The van der Waals surface area contributed by atoms with Gasteiger partial charge in [-0.25, -0.2) is 4.79 Å². The number of furan rings is 1.